The quantitative estimate of drug-likeness (QED) is 0.621. The molecule has 5 nitrogen and oxygen atoms in total. The number of nitrogens with one attached hydrogen (secondary N) is 1. The fourth-order valence-electron chi connectivity index (χ4n) is 1.98. The van der Waals surface area contributed by atoms with Crippen LogP contribution in [-0.2, 0) is 16.0 Å². The van der Waals surface area contributed by atoms with E-state index in [1.807, 2.05) is 11.9 Å². The van der Waals surface area contributed by atoms with Crippen LogP contribution in [0.2, 0.25) is 0 Å². The predicted octanol–water partition coefficient (Wildman–Crippen LogP) is 1.63. The second-order valence-electron chi connectivity index (χ2n) is 4.93. The fourth-order valence-corrected chi connectivity index (χ4v) is 2.49. The highest BCUT2D eigenvalue weighted by Crippen LogP contribution is 2.23. The number of hydrogen-bond donors (Lipinski definition) is 2. The van der Waals surface area contributed by atoms with Crippen LogP contribution in [0.3, 0.4) is 0 Å². The number of ether oxygens (including phenoxy) is 2. The molecular weight excluding hydrogens is 336 g/mol. The van der Waals surface area contributed by atoms with Crippen molar-refractivity contribution in [1.82, 2.24) is 5.32 Å². The first-order valence-corrected chi connectivity index (χ1v) is 7.74. The number of halogens is 1. The Labute approximate surface area is 135 Å². The van der Waals surface area contributed by atoms with Crippen LogP contribution in [-0.4, -0.2) is 58.8 Å². The lowest BCUT2D eigenvalue weighted by molar-refractivity contribution is 0.0695. The lowest BCUT2D eigenvalue weighted by atomic mass is 10.2. The van der Waals surface area contributed by atoms with Gasteiger partial charge in [-0.25, -0.2) is 0 Å². The molecule has 0 aliphatic carbocycles. The highest BCUT2D eigenvalue weighted by Gasteiger charge is 2.10. The van der Waals surface area contributed by atoms with Crippen molar-refractivity contribution < 1.29 is 14.6 Å². The first kappa shape index (κ1) is 18.4. The van der Waals surface area contributed by atoms with Gasteiger partial charge in [-0.15, -0.1) is 0 Å². The number of aliphatic hydroxyl groups excluding tert-OH is 1. The highest BCUT2D eigenvalue weighted by molar-refractivity contribution is 9.10. The fraction of sp³-hybridized carbons (Fsp3) is 0.600. The minimum atomic E-state index is -0.492. The molecule has 0 aliphatic rings. The second kappa shape index (κ2) is 10.1. The van der Waals surface area contributed by atoms with E-state index in [2.05, 4.69) is 39.4 Å². The third-order valence-corrected chi connectivity index (χ3v) is 3.86. The zero-order valence-corrected chi connectivity index (χ0v) is 14.5. The Balaban J connectivity index is 2.56. The van der Waals surface area contributed by atoms with Crippen LogP contribution in [0.15, 0.2) is 22.7 Å². The molecule has 1 aromatic rings. The van der Waals surface area contributed by atoms with Crippen LogP contribution >= 0.6 is 15.9 Å². The van der Waals surface area contributed by atoms with Crippen molar-refractivity contribution >= 4 is 21.6 Å². The largest absolute Gasteiger partial charge is 0.389 e. The summed E-state index contributed by atoms with van der Waals surface area (Å²) >= 11 is 3.60. The van der Waals surface area contributed by atoms with Crippen molar-refractivity contribution in [3.63, 3.8) is 0 Å². The molecule has 0 heterocycles. The average Bonchev–Trinajstić information content (AvgIpc) is 2.45. The molecule has 0 saturated carbocycles. The van der Waals surface area contributed by atoms with E-state index in [0.717, 1.165) is 23.2 Å². The van der Waals surface area contributed by atoms with Crippen molar-refractivity contribution in [2.45, 2.75) is 12.6 Å². The van der Waals surface area contributed by atoms with Gasteiger partial charge in [0, 0.05) is 51.1 Å². The van der Waals surface area contributed by atoms with Crippen molar-refractivity contribution in [3.05, 3.63) is 28.2 Å². The van der Waals surface area contributed by atoms with Gasteiger partial charge >= 0.3 is 0 Å². The molecule has 6 heteroatoms. The van der Waals surface area contributed by atoms with E-state index in [0.29, 0.717) is 19.8 Å². The van der Waals surface area contributed by atoms with Crippen LogP contribution in [0.1, 0.15) is 5.56 Å². The molecule has 0 radical (unpaired) electrons. The normalized spacial score (nSPS) is 12.4. The third-order valence-electron chi connectivity index (χ3n) is 3.12. The number of benzene rings is 1. The standard InChI is InChI=1S/C15H25BrN2O3/c1-18(10-14(19)11-21-3)13-5-4-12(15(16)8-13)9-17-6-7-20-2/h4-5,8,14,17,19H,6-7,9-11H2,1-3H3. The molecule has 1 unspecified atom stereocenters. The molecule has 0 aromatic heterocycles. The monoisotopic (exact) mass is 360 g/mol. The molecule has 0 bridgehead atoms. The highest BCUT2D eigenvalue weighted by atomic mass is 79.9. The van der Waals surface area contributed by atoms with Crippen LogP contribution < -0.4 is 10.2 Å². The Morgan fingerprint density at radius 2 is 2.10 bits per heavy atom. The van der Waals surface area contributed by atoms with Gasteiger partial charge in [0.2, 0.25) is 0 Å². The molecule has 0 spiro atoms. The first-order chi connectivity index (χ1) is 10.1. The Hall–Kier alpha value is -0.660. The van der Waals surface area contributed by atoms with Crippen molar-refractivity contribution in [2.75, 3.05) is 52.5 Å². The zero-order chi connectivity index (χ0) is 15.7. The lowest BCUT2D eigenvalue weighted by Crippen LogP contribution is -2.31. The number of rotatable bonds is 10. The van der Waals surface area contributed by atoms with E-state index in [-0.39, 0.29) is 0 Å². The Bertz CT molecular complexity index is 418. The maximum Gasteiger partial charge on any atom is 0.0947 e. The predicted molar refractivity (Wildman–Crippen MR) is 88.9 cm³/mol. The van der Waals surface area contributed by atoms with Crippen LogP contribution in [0.4, 0.5) is 5.69 Å². The summed E-state index contributed by atoms with van der Waals surface area (Å²) < 4.78 is 11.0. The van der Waals surface area contributed by atoms with Crippen molar-refractivity contribution in [3.8, 4) is 0 Å². The Morgan fingerprint density at radius 1 is 1.33 bits per heavy atom. The molecular formula is C15H25BrN2O3. The molecule has 0 aliphatic heterocycles. The van der Waals surface area contributed by atoms with Gasteiger partial charge in [0.05, 0.1) is 19.3 Å². The Kier molecular flexibility index (Phi) is 8.87. The van der Waals surface area contributed by atoms with E-state index in [9.17, 15) is 5.11 Å². The summed E-state index contributed by atoms with van der Waals surface area (Å²) in [5, 5.41) is 13.1. The van der Waals surface area contributed by atoms with E-state index < -0.39 is 6.10 Å². The van der Waals surface area contributed by atoms with Gasteiger partial charge in [0.25, 0.3) is 0 Å². The summed E-state index contributed by atoms with van der Waals surface area (Å²) in [5.41, 5.74) is 2.25. The number of anilines is 1. The van der Waals surface area contributed by atoms with E-state index >= 15 is 0 Å². The number of nitrogens with zero attached hydrogens (tertiary/aromatic N) is 1. The third kappa shape index (κ3) is 6.76. The van der Waals surface area contributed by atoms with E-state index in [1.54, 1.807) is 14.2 Å². The van der Waals surface area contributed by atoms with Gasteiger partial charge in [0.1, 0.15) is 0 Å². The van der Waals surface area contributed by atoms with Gasteiger partial charge < -0.3 is 24.8 Å². The van der Waals surface area contributed by atoms with Gasteiger partial charge in [-0.2, -0.15) is 0 Å². The van der Waals surface area contributed by atoms with Crippen molar-refractivity contribution in [2.24, 2.45) is 0 Å². The van der Waals surface area contributed by atoms with E-state index in [4.69, 9.17) is 9.47 Å². The maximum absolute atomic E-state index is 9.77. The summed E-state index contributed by atoms with van der Waals surface area (Å²) in [5.74, 6) is 0. The molecule has 0 amide bonds. The minimum absolute atomic E-state index is 0.340. The summed E-state index contributed by atoms with van der Waals surface area (Å²) in [6.45, 7) is 3.20. The summed E-state index contributed by atoms with van der Waals surface area (Å²) in [4.78, 5) is 2.01. The molecule has 21 heavy (non-hydrogen) atoms. The first-order valence-electron chi connectivity index (χ1n) is 6.94. The average molecular weight is 361 g/mol. The number of aliphatic hydroxyl groups is 1. The molecule has 1 rings (SSSR count). The van der Waals surface area contributed by atoms with Gasteiger partial charge in [-0.05, 0) is 17.7 Å². The van der Waals surface area contributed by atoms with Crippen LogP contribution in [0, 0.1) is 0 Å². The number of likely N-dealkylation sites (N-methyl/N-ethyl adjacent to an activating group) is 1. The van der Waals surface area contributed by atoms with Gasteiger partial charge in [0.15, 0.2) is 0 Å². The Morgan fingerprint density at radius 3 is 2.71 bits per heavy atom. The van der Waals surface area contributed by atoms with Gasteiger partial charge in [-0.3, -0.25) is 0 Å². The SMILES string of the molecule is COCCNCc1ccc(N(C)CC(O)COC)cc1Br. The molecule has 120 valence electrons. The zero-order valence-electron chi connectivity index (χ0n) is 12.9. The molecule has 1 aromatic carbocycles. The maximum atomic E-state index is 9.77. The minimum Gasteiger partial charge on any atom is -0.389 e. The number of methoxy groups -OCH3 is 2. The van der Waals surface area contributed by atoms with Crippen molar-refractivity contribution in [1.29, 1.82) is 0 Å². The second-order valence-corrected chi connectivity index (χ2v) is 5.79. The lowest BCUT2D eigenvalue weighted by Gasteiger charge is -2.23. The molecule has 1 atom stereocenters. The molecule has 0 saturated heterocycles. The van der Waals surface area contributed by atoms with Crippen LogP contribution in [0.5, 0.6) is 0 Å². The summed E-state index contributed by atoms with van der Waals surface area (Å²) in [7, 11) is 5.24. The topological polar surface area (TPSA) is 54.0 Å². The van der Waals surface area contributed by atoms with Crippen LogP contribution in [0.25, 0.3) is 0 Å². The summed E-state index contributed by atoms with van der Waals surface area (Å²) in [6.07, 6.45) is -0.492. The molecule has 2 N–H and O–H groups in total. The van der Waals surface area contributed by atoms with Gasteiger partial charge in [-0.1, -0.05) is 22.0 Å². The molecule has 0 fully saturated rings. The summed E-state index contributed by atoms with van der Waals surface area (Å²) in [6, 6.07) is 6.20. The van der Waals surface area contributed by atoms with E-state index in [1.165, 1.54) is 5.56 Å². The smallest absolute Gasteiger partial charge is 0.0947 e. The number of hydrogen-bond acceptors (Lipinski definition) is 5.